The summed E-state index contributed by atoms with van der Waals surface area (Å²) in [5, 5.41) is 0.361. The third kappa shape index (κ3) is 4.06. The number of fused-ring (bicyclic) bond motifs is 1. The molecular formula is C20H20F3N5O3S. The molecule has 1 aliphatic rings. The van der Waals surface area contributed by atoms with Crippen molar-refractivity contribution in [3.8, 4) is 0 Å². The minimum absolute atomic E-state index is 0.130. The molecule has 0 radical (unpaired) electrons. The van der Waals surface area contributed by atoms with E-state index in [1.807, 2.05) is 6.92 Å². The van der Waals surface area contributed by atoms with Crippen molar-refractivity contribution in [2.75, 3.05) is 11.5 Å². The number of imidazole rings is 1. The van der Waals surface area contributed by atoms with Crippen molar-refractivity contribution in [3.05, 3.63) is 50.2 Å². The van der Waals surface area contributed by atoms with E-state index in [4.69, 9.17) is 5.73 Å². The van der Waals surface area contributed by atoms with Gasteiger partial charge in [0.1, 0.15) is 11.4 Å². The van der Waals surface area contributed by atoms with Gasteiger partial charge in [-0.1, -0.05) is 18.7 Å². The number of anilines is 1. The lowest BCUT2D eigenvalue weighted by Crippen LogP contribution is -2.36. The molecule has 3 N–H and O–H groups in total. The Hall–Kier alpha value is -3.02. The van der Waals surface area contributed by atoms with Gasteiger partial charge in [0.15, 0.2) is 10.9 Å². The Bertz CT molecular complexity index is 1320. The van der Waals surface area contributed by atoms with Crippen molar-refractivity contribution in [1.82, 2.24) is 19.1 Å². The van der Waals surface area contributed by atoms with Gasteiger partial charge >= 0.3 is 11.9 Å². The topological polar surface area (TPSA) is 116 Å². The van der Waals surface area contributed by atoms with Crippen molar-refractivity contribution in [2.45, 2.75) is 50.1 Å². The number of benzene rings is 1. The number of carbonyl (C=O) groups is 1. The first-order valence-corrected chi connectivity index (χ1v) is 11.0. The minimum Gasteiger partial charge on any atom is -0.384 e. The first kappa shape index (κ1) is 22.2. The fraction of sp³-hybridized carbons (Fsp3) is 0.400. The summed E-state index contributed by atoms with van der Waals surface area (Å²) in [5.74, 6) is -0.965. The maximum absolute atomic E-state index is 13.1. The predicted molar refractivity (Wildman–Crippen MR) is 114 cm³/mol. The van der Waals surface area contributed by atoms with E-state index in [1.54, 1.807) is 4.57 Å². The molecule has 32 heavy (non-hydrogen) atoms. The van der Waals surface area contributed by atoms with Crippen molar-refractivity contribution in [2.24, 2.45) is 0 Å². The number of halogens is 3. The molecule has 12 heteroatoms. The van der Waals surface area contributed by atoms with Gasteiger partial charge in [-0.2, -0.15) is 13.2 Å². The van der Waals surface area contributed by atoms with E-state index in [9.17, 15) is 27.6 Å². The molecule has 8 nitrogen and oxygen atoms in total. The number of ketones is 1. The van der Waals surface area contributed by atoms with Crippen LogP contribution in [0, 0.1) is 0 Å². The molecule has 1 aliphatic carbocycles. The van der Waals surface area contributed by atoms with Gasteiger partial charge in [-0.3, -0.25) is 19.1 Å². The average Bonchev–Trinajstić information content (AvgIpc) is 3.47. The quantitative estimate of drug-likeness (QED) is 0.407. The molecule has 0 amide bonds. The Morgan fingerprint density at radius 2 is 2.03 bits per heavy atom. The maximum atomic E-state index is 13.1. The summed E-state index contributed by atoms with van der Waals surface area (Å²) in [4.78, 5) is 43.6. The Balaban J connectivity index is 1.65. The summed E-state index contributed by atoms with van der Waals surface area (Å²) in [6, 6.07) is 3.17. The lowest BCUT2D eigenvalue weighted by atomic mass is 10.2. The number of nitrogens with one attached hydrogen (secondary N) is 1. The zero-order valence-corrected chi connectivity index (χ0v) is 17.8. The van der Waals surface area contributed by atoms with E-state index in [0.29, 0.717) is 29.2 Å². The number of hydrogen-bond acceptors (Lipinski definition) is 6. The lowest BCUT2D eigenvalue weighted by molar-refractivity contribution is -0.137. The molecule has 0 spiro atoms. The summed E-state index contributed by atoms with van der Waals surface area (Å²) in [6.45, 7) is 2.28. The van der Waals surface area contributed by atoms with E-state index < -0.39 is 28.8 Å². The first-order chi connectivity index (χ1) is 15.1. The highest BCUT2D eigenvalue weighted by molar-refractivity contribution is 7.99. The number of Topliss-reactive ketones (excluding diaryl/α,β-unsaturated/α-hetero) is 1. The standard InChI is InChI=1S/C20H20F3N5O3S/c1-2-7-27-13-8-10(20(21,22)23)3-6-12(13)25-19(27)32-9-14(29)15-16(24)28(11-4-5-11)18(31)26-17(15)30/h3,6,8,11H,2,4-5,7,9,24H2,1H3,(H,26,30,31). The third-order valence-corrected chi connectivity index (χ3v) is 6.17. The molecular weight excluding hydrogens is 447 g/mol. The van der Waals surface area contributed by atoms with Gasteiger partial charge in [0, 0.05) is 12.6 Å². The number of aromatic amines is 1. The predicted octanol–water partition coefficient (Wildman–Crippen LogP) is 3.21. The second-order valence-electron chi connectivity index (χ2n) is 7.58. The molecule has 1 saturated carbocycles. The van der Waals surface area contributed by atoms with Crippen LogP contribution in [0.25, 0.3) is 11.0 Å². The molecule has 0 bridgehead atoms. The smallest absolute Gasteiger partial charge is 0.384 e. The van der Waals surface area contributed by atoms with Gasteiger partial charge in [-0.25, -0.2) is 9.78 Å². The van der Waals surface area contributed by atoms with Crippen LogP contribution in [0.5, 0.6) is 0 Å². The highest BCUT2D eigenvalue weighted by Gasteiger charge is 2.32. The molecule has 0 saturated heterocycles. The number of nitrogens with two attached hydrogens (primary N) is 1. The van der Waals surface area contributed by atoms with Gasteiger partial charge in [0.2, 0.25) is 0 Å². The highest BCUT2D eigenvalue weighted by atomic mass is 32.2. The zero-order chi connectivity index (χ0) is 23.2. The third-order valence-electron chi connectivity index (χ3n) is 5.19. The molecule has 0 unspecified atom stereocenters. The van der Waals surface area contributed by atoms with Crippen LogP contribution in [0.1, 0.15) is 48.1 Å². The van der Waals surface area contributed by atoms with Crippen molar-refractivity contribution in [3.63, 3.8) is 0 Å². The number of nitrogen functional groups attached to an aromatic ring is 1. The van der Waals surface area contributed by atoms with Gasteiger partial charge in [-0.05, 0) is 37.5 Å². The first-order valence-electron chi connectivity index (χ1n) is 9.99. The Kier molecular flexibility index (Phi) is 5.65. The second-order valence-corrected chi connectivity index (χ2v) is 8.52. The second kappa shape index (κ2) is 8.15. The largest absolute Gasteiger partial charge is 0.416 e. The molecule has 2 heterocycles. The van der Waals surface area contributed by atoms with Crippen LogP contribution in [-0.4, -0.2) is 30.6 Å². The normalized spacial score (nSPS) is 14.2. The Morgan fingerprint density at radius 1 is 1.31 bits per heavy atom. The number of aromatic nitrogens is 4. The van der Waals surface area contributed by atoms with E-state index >= 15 is 0 Å². The molecule has 3 aromatic rings. The minimum atomic E-state index is -4.48. The van der Waals surface area contributed by atoms with E-state index in [-0.39, 0.29) is 23.2 Å². The lowest BCUT2D eigenvalue weighted by Gasteiger charge is -2.11. The summed E-state index contributed by atoms with van der Waals surface area (Å²) < 4.78 is 42.2. The molecule has 0 aliphatic heterocycles. The van der Waals surface area contributed by atoms with Gasteiger partial charge < -0.3 is 10.3 Å². The van der Waals surface area contributed by atoms with E-state index in [2.05, 4.69) is 9.97 Å². The van der Waals surface area contributed by atoms with Gasteiger partial charge in [0.25, 0.3) is 5.56 Å². The number of H-pyrrole nitrogens is 1. The fourth-order valence-corrected chi connectivity index (χ4v) is 4.47. The van der Waals surface area contributed by atoms with Crippen LogP contribution in [0.2, 0.25) is 0 Å². The molecule has 0 atom stereocenters. The van der Waals surface area contributed by atoms with Gasteiger partial charge in [0.05, 0.1) is 22.3 Å². The Labute approximate surface area is 183 Å². The molecule has 2 aromatic heterocycles. The number of rotatable bonds is 7. The zero-order valence-electron chi connectivity index (χ0n) is 17.0. The van der Waals surface area contributed by atoms with Crippen molar-refractivity contribution < 1.29 is 18.0 Å². The number of nitrogens with zero attached hydrogens (tertiary/aromatic N) is 3. The van der Waals surface area contributed by atoms with Gasteiger partial charge in [-0.15, -0.1) is 0 Å². The number of alkyl halides is 3. The van der Waals surface area contributed by atoms with Crippen LogP contribution in [0.3, 0.4) is 0 Å². The summed E-state index contributed by atoms with van der Waals surface area (Å²) >= 11 is 1.01. The molecule has 170 valence electrons. The number of thioether (sulfide) groups is 1. The van der Waals surface area contributed by atoms with Crippen molar-refractivity contribution >= 4 is 34.4 Å². The summed E-state index contributed by atoms with van der Waals surface area (Å²) in [5.41, 5.74) is 4.09. The maximum Gasteiger partial charge on any atom is 0.416 e. The summed E-state index contributed by atoms with van der Waals surface area (Å²) in [6.07, 6.45) is -2.37. The van der Waals surface area contributed by atoms with E-state index in [1.165, 1.54) is 10.6 Å². The Morgan fingerprint density at radius 3 is 2.66 bits per heavy atom. The van der Waals surface area contributed by atoms with Crippen LogP contribution in [-0.2, 0) is 12.7 Å². The summed E-state index contributed by atoms with van der Waals surface area (Å²) in [7, 11) is 0. The van der Waals surface area contributed by atoms with Crippen LogP contribution >= 0.6 is 11.8 Å². The monoisotopic (exact) mass is 467 g/mol. The number of aryl methyl sites for hydroxylation is 1. The van der Waals surface area contributed by atoms with Crippen LogP contribution < -0.4 is 17.0 Å². The fourth-order valence-electron chi connectivity index (χ4n) is 3.56. The highest BCUT2D eigenvalue weighted by Crippen LogP contribution is 2.36. The van der Waals surface area contributed by atoms with E-state index in [0.717, 1.165) is 36.7 Å². The van der Waals surface area contributed by atoms with Crippen LogP contribution in [0.4, 0.5) is 19.0 Å². The number of carbonyl (C=O) groups excluding carboxylic acids is 1. The SMILES string of the molecule is CCCn1c(SCC(=O)c2c(N)n(C3CC3)c(=O)[nH]c2=O)nc2ccc(C(F)(F)F)cc21. The molecule has 4 rings (SSSR count). The van der Waals surface area contributed by atoms with Crippen molar-refractivity contribution in [1.29, 1.82) is 0 Å². The number of hydrogen-bond donors (Lipinski definition) is 2. The van der Waals surface area contributed by atoms with Crippen LogP contribution in [0.15, 0.2) is 32.9 Å². The molecule has 1 fully saturated rings. The average molecular weight is 467 g/mol. The molecule has 1 aromatic carbocycles.